The highest BCUT2D eigenvalue weighted by Crippen LogP contribution is 2.15. The van der Waals surface area contributed by atoms with E-state index in [1.54, 1.807) is 13.8 Å². The molecule has 0 fully saturated rings. The lowest BCUT2D eigenvalue weighted by molar-refractivity contribution is -0.150. The lowest BCUT2D eigenvalue weighted by atomic mass is 9.99. The number of unbranched alkanes of at least 4 members (excludes halogenated alkanes) is 2. The van der Waals surface area contributed by atoms with Crippen LogP contribution in [0.25, 0.3) is 0 Å². The fourth-order valence-corrected chi connectivity index (χ4v) is 2.90. The number of allylic oxidation sites excluding steroid dienone is 7. The molecule has 0 aliphatic carbocycles. The molecular weight excluding hydrogens is 374 g/mol. The van der Waals surface area contributed by atoms with E-state index in [2.05, 4.69) is 31.7 Å². The minimum atomic E-state index is -0.703. The van der Waals surface area contributed by atoms with Gasteiger partial charge in [0.1, 0.15) is 11.7 Å². The van der Waals surface area contributed by atoms with Crippen molar-refractivity contribution in [3.05, 3.63) is 47.6 Å². The molecule has 0 saturated carbocycles. The van der Waals surface area contributed by atoms with Crippen LogP contribution in [0.2, 0.25) is 0 Å². The molecule has 1 unspecified atom stereocenters. The van der Waals surface area contributed by atoms with E-state index in [0.717, 1.165) is 49.7 Å². The van der Waals surface area contributed by atoms with Gasteiger partial charge < -0.3 is 4.74 Å². The van der Waals surface area contributed by atoms with Gasteiger partial charge in [-0.15, -0.1) is 6.58 Å². The number of nitrogens with zero attached hydrogens (tertiary/aromatic N) is 1. The second-order valence-electron chi connectivity index (χ2n) is 7.68. The molecule has 0 amide bonds. The van der Waals surface area contributed by atoms with Crippen LogP contribution >= 0.6 is 0 Å². The highest BCUT2D eigenvalue weighted by molar-refractivity contribution is 5.98. The summed E-state index contributed by atoms with van der Waals surface area (Å²) >= 11 is 0. The van der Waals surface area contributed by atoms with Gasteiger partial charge in [0.2, 0.25) is 0 Å². The van der Waals surface area contributed by atoms with Crippen LogP contribution in [-0.2, 0) is 14.3 Å². The Labute approximate surface area is 183 Å². The Bertz CT molecular complexity index is 677. The summed E-state index contributed by atoms with van der Waals surface area (Å²) in [7, 11) is 0. The Hall–Kier alpha value is -2.41. The van der Waals surface area contributed by atoms with Crippen molar-refractivity contribution in [3.8, 4) is 6.07 Å². The maximum absolute atomic E-state index is 12.1. The number of ether oxygens (including phenoxy) is 1. The van der Waals surface area contributed by atoms with Crippen LogP contribution in [0.3, 0.4) is 0 Å². The Kier molecular flexibility index (Phi) is 16.0. The zero-order valence-electron chi connectivity index (χ0n) is 19.3. The lowest BCUT2D eigenvalue weighted by Gasteiger charge is -2.09. The molecule has 30 heavy (non-hydrogen) atoms. The first-order valence-electron chi connectivity index (χ1n) is 11.1. The fourth-order valence-electron chi connectivity index (χ4n) is 2.90. The van der Waals surface area contributed by atoms with Crippen molar-refractivity contribution in [1.82, 2.24) is 0 Å². The quantitative estimate of drug-likeness (QED) is 0.0918. The maximum Gasteiger partial charge on any atom is 0.316 e. The zero-order chi connectivity index (χ0) is 22.8. The molecule has 0 radical (unpaired) electrons. The molecule has 0 heterocycles. The van der Waals surface area contributed by atoms with E-state index in [9.17, 15) is 14.9 Å². The van der Waals surface area contributed by atoms with Crippen LogP contribution in [0, 0.1) is 17.2 Å². The van der Waals surface area contributed by atoms with E-state index in [4.69, 9.17) is 4.74 Å². The number of hydrogen-bond acceptors (Lipinski definition) is 4. The van der Waals surface area contributed by atoms with Crippen LogP contribution in [-0.4, -0.2) is 18.4 Å². The third-order valence-electron chi connectivity index (χ3n) is 4.97. The van der Waals surface area contributed by atoms with Gasteiger partial charge in [-0.2, -0.15) is 5.26 Å². The average Bonchev–Trinajstić information content (AvgIpc) is 2.73. The minimum absolute atomic E-state index is 0.0910. The number of nitriles is 1. The van der Waals surface area contributed by atoms with E-state index < -0.39 is 11.9 Å². The number of carbonyl (C=O) groups is 2. The molecule has 4 nitrogen and oxygen atoms in total. The third-order valence-corrected chi connectivity index (χ3v) is 4.97. The van der Waals surface area contributed by atoms with Gasteiger partial charge in [-0.25, -0.2) is 0 Å². The number of carbonyl (C=O) groups excluding carboxylic acids is 2. The number of hydrogen-bond donors (Lipinski definition) is 0. The van der Waals surface area contributed by atoms with Crippen LogP contribution in [0.5, 0.6) is 0 Å². The molecule has 0 spiro atoms. The molecule has 0 rings (SSSR count). The van der Waals surface area contributed by atoms with Crippen LogP contribution in [0.1, 0.15) is 85.5 Å². The van der Waals surface area contributed by atoms with E-state index in [0.29, 0.717) is 19.3 Å². The van der Waals surface area contributed by atoms with Crippen molar-refractivity contribution in [2.75, 3.05) is 6.61 Å². The number of rotatable bonds is 16. The van der Waals surface area contributed by atoms with Crippen LogP contribution in [0.15, 0.2) is 47.6 Å². The molecule has 0 N–H and O–H groups in total. The van der Waals surface area contributed by atoms with Crippen molar-refractivity contribution in [2.45, 2.75) is 85.5 Å². The monoisotopic (exact) mass is 413 g/mol. The van der Waals surface area contributed by atoms with E-state index >= 15 is 0 Å². The average molecular weight is 414 g/mol. The molecule has 0 aromatic rings. The molecule has 0 aromatic carbocycles. The normalized spacial score (nSPS) is 13.5. The lowest BCUT2D eigenvalue weighted by Crippen LogP contribution is -2.23. The molecule has 0 aliphatic rings. The Morgan fingerprint density at radius 1 is 0.967 bits per heavy atom. The standard InChI is InChI=1S/C26H39NO3/c1-6-8-9-10-13-21(3)14-11-16-24(20-27)17-12-15-22(4)18-19-25(28)23(5)26(29)30-7-2/h6,13,15-16,23H,1,7-12,14,17-19H2,2-5H3/b21-13+,22-15+,24-16-. The van der Waals surface area contributed by atoms with Crippen molar-refractivity contribution in [3.63, 3.8) is 0 Å². The summed E-state index contributed by atoms with van der Waals surface area (Å²) in [6, 6.07) is 2.29. The van der Waals surface area contributed by atoms with Crippen molar-refractivity contribution < 1.29 is 14.3 Å². The Morgan fingerprint density at radius 2 is 1.60 bits per heavy atom. The Morgan fingerprint density at radius 3 is 2.23 bits per heavy atom. The van der Waals surface area contributed by atoms with E-state index in [1.807, 2.05) is 19.1 Å². The van der Waals surface area contributed by atoms with Gasteiger partial charge in [0, 0.05) is 12.0 Å². The summed E-state index contributed by atoms with van der Waals surface area (Å²) in [5.74, 6) is -1.24. The summed E-state index contributed by atoms with van der Waals surface area (Å²) in [6.45, 7) is 11.5. The van der Waals surface area contributed by atoms with Gasteiger partial charge in [-0.05, 0) is 79.1 Å². The Balaban J connectivity index is 4.31. The van der Waals surface area contributed by atoms with Gasteiger partial charge in [0.05, 0.1) is 12.7 Å². The topological polar surface area (TPSA) is 67.2 Å². The smallest absolute Gasteiger partial charge is 0.316 e. The summed E-state index contributed by atoms with van der Waals surface area (Å²) in [6.07, 6.45) is 15.9. The summed E-state index contributed by atoms with van der Waals surface area (Å²) in [5.41, 5.74) is 3.28. The summed E-state index contributed by atoms with van der Waals surface area (Å²) in [5, 5.41) is 9.34. The minimum Gasteiger partial charge on any atom is -0.465 e. The van der Waals surface area contributed by atoms with Crippen molar-refractivity contribution in [1.29, 1.82) is 5.26 Å². The summed E-state index contributed by atoms with van der Waals surface area (Å²) < 4.78 is 4.89. The van der Waals surface area contributed by atoms with Gasteiger partial charge in [-0.3, -0.25) is 9.59 Å². The molecule has 0 aliphatic heterocycles. The number of esters is 1. The molecule has 0 saturated heterocycles. The highest BCUT2D eigenvalue weighted by Gasteiger charge is 2.21. The first kappa shape index (κ1) is 27.6. The molecule has 166 valence electrons. The van der Waals surface area contributed by atoms with E-state index in [-0.39, 0.29) is 12.4 Å². The van der Waals surface area contributed by atoms with Gasteiger partial charge in [-0.1, -0.05) is 35.5 Å². The van der Waals surface area contributed by atoms with Crippen molar-refractivity contribution >= 4 is 11.8 Å². The molecule has 1 atom stereocenters. The molecule has 4 heteroatoms. The number of ketones is 1. The largest absolute Gasteiger partial charge is 0.465 e. The third kappa shape index (κ3) is 13.7. The second-order valence-corrected chi connectivity index (χ2v) is 7.68. The molecule has 0 bridgehead atoms. The van der Waals surface area contributed by atoms with Crippen molar-refractivity contribution in [2.24, 2.45) is 5.92 Å². The second kappa shape index (κ2) is 17.4. The predicted molar refractivity (Wildman–Crippen MR) is 124 cm³/mol. The molecule has 0 aromatic heterocycles. The van der Waals surface area contributed by atoms with Gasteiger partial charge in [0.25, 0.3) is 0 Å². The first-order valence-corrected chi connectivity index (χ1v) is 11.1. The predicted octanol–water partition coefficient (Wildman–Crippen LogP) is 6.79. The van der Waals surface area contributed by atoms with Crippen LogP contribution in [0.4, 0.5) is 0 Å². The van der Waals surface area contributed by atoms with Gasteiger partial charge >= 0.3 is 5.97 Å². The van der Waals surface area contributed by atoms with Gasteiger partial charge in [0.15, 0.2) is 0 Å². The summed E-state index contributed by atoms with van der Waals surface area (Å²) in [4.78, 5) is 23.7. The maximum atomic E-state index is 12.1. The first-order chi connectivity index (χ1) is 14.3. The SMILES string of the molecule is C=CCCC/C=C(\C)CC/C=C(\C#N)CC/C=C(\C)CCC(=O)C(C)C(=O)OCC. The fraction of sp³-hybridized carbons (Fsp3) is 0.577. The molecular formula is C26H39NO3. The zero-order valence-corrected chi connectivity index (χ0v) is 19.3. The van der Waals surface area contributed by atoms with E-state index in [1.165, 1.54) is 5.57 Å². The highest BCUT2D eigenvalue weighted by atomic mass is 16.5. The number of Topliss-reactive ketones (excluding diaryl/α,β-unsaturated/α-hetero) is 1. The van der Waals surface area contributed by atoms with Crippen LogP contribution < -0.4 is 0 Å².